The summed E-state index contributed by atoms with van der Waals surface area (Å²) >= 11 is 0. The Bertz CT molecular complexity index is 1140. The molecule has 1 N–H and O–H groups in total. The van der Waals surface area contributed by atoms with Crippen LogP contribution in [0.3, 0.4) is 0 Å². The van der Waals surface area contributed by atoms with Crippen molar-refractivity contribution in [3.05, 3.63) is 65.9 Å². The number of benzene rings is 2. The molecule has 3 heterocycles. The third kappa shape index (κ3) is 2.92. The highest BCUT2D eigenvalue weighted by molar-refractivity contribution is 7.90. The molecule has 2 aliphatic heterocycles. The zero-order valence-electron chi connectivity index (χ0n) is 16.1. The van der Waals surface area contributed by atoms with Gasteiger partial charge in [0.15, 0.2) is 0 Å². The van der Waals surface area contributed by atoms with Crippen molar-refractivity contribution in [2.24, 2.45) is 5.92 Å². The van der Waals surface area contributed by atoms with Crippen LogP contribution in [-0.2, 0) is 21.3 Å². The molecule has 2 atom stereocenters. The first-order valence-corrected chi connectivity index (χ1v) is 11.5. The number of hydrogen-bond donors (Lipinski definition) is 1. The van der Waals surface area contributed by atoms with E-state index in [1.165, 1.54) is 3.97 Å². The third-order valence-corrected chi connectivity index (χ3v) is 7.83. The molecular weight excluding hydrogens is 388 g/mol. The molecule has 2 aromatic carbocycles. The van der Waals surface area contributed by atoms with Crippen molar-refractivity contribution in [3.8, 4) is 0 Å². The molecule has 0 amide bonds. The van der Waals surface area contributed by atoms with Crippen molar-refractivity contribution in [3.63, 3.8) is 0 Å². The Hall–Kier alpha value is -2.19. The van der Waals surface area contributed by atoms with Gasteiger partial charge < -0.3 is 5.11 Å². The minimum atomic E-state index is -3.81. The molecule has 0 spiro atoms. The molecule has 5 rings (SSSR count). The number of aliphatic hydroxyl groups excluding tert-OH is 1. The number of aliphatic hydroxyl groups is 1. The lowest BCUT2D eigenvalue weighted by Gasteiger charge is -2.37. The van der Waals surface area contributed by atoms with Gasteiger partial charge in [0.2, 0.25) is 0 Å². The van der Waals surface area contributed by atoms with E-state index in [-0.39, 0.29) is 23.5 Å². The van der Waals surface area contributed by atoms with Crippen LogP contribution in [0.5, 0.6) is 0 Å². The Morgan fingerprint density at radius 1 is 1.07 bits per heavy atom. The van der Waals surface area contributed by atoms with Crippen molar-refractivity contribution in [1.29, 1.82) is 0 Å². The van der Waals surface area contributed by atoms with Gasteiger partial charge in [0.05, 0.1) is 28.8 Å². The molecule has 6 nitrogen and oxygen atoms in total. The van der Waals surface area contributed by atoms with Crippen LogP contribution in [0.4, 0.5) is 0 Å². The van der Waals surface area contributed by atoms with Crippen molar-refractivity contribution in [2.75, 3.05) is 19.8 Å². The number of aromatic nitrogens is 1. The number of hydroxylamine groups is 2. The zero-order chi connectivity index (χ0) is 20.0. The van der Waals surface area contributed by atoms with Gasteiger partial charge in [0.1, 0.15) is 0 Å². The number of nitrogens with zero attached hydrogens (tertiary/aromatic N) is 2. The Labute approximate surface area is 170 Å². The highest BCUT2D eigenvalue weighted by Crippen LogP contribution is 2.44. The Kier molecular flexibility index (Phi) is 4.70. The predicted octanol–water partition coefficient (Wildman–Crippen LogP) is 3.11. The monoisotopic (exact) mass is 412 g/mol. The van der Waals surface area contributed by atoms with Gasteiger partial charge in [-0.3, -0.25) is 4.84 Å². The van der Waals surface area contributed by atoms with Crippen LogP contribution in [-0.4, -0.2) is 42.3 Å². The second kappa shape index (κ2) is 7.25. The summed E-state index contributed by atoms with van der Waals surface area (Å²) in [5.41, 5.74) is 2.47. The molecule has 2 aliphatic rings. The van der Waals surface area contributed by atoms with Gasteiger partial charge in [0.25, 0.3) is 10.0 Å². The second-order valence-electron chi connectivity index (χ2n) is 7.72. The lowest BCUT2D eigenvalue weighted by molar-refractivity contribution is -0.194. The molecule has 1 saturated heterocycles. The van der Waals surface area contributed by atoms with E-state index in [9.17, 15) is 13.5 Å². The fraction of sp³-hybridized carbons (Fsp3) is 0.364. The van der Waals surface area contributed by atoms with Gasteiger partial charge in [0, 0.05) is 24.5 Å². The molecule has 7 heteroatoms. The fourth-order valence-corrected chi connectivity index (χ4v) is 6.40. The molecule has 0 bridgehead atoms. The van der Waals surface area contributed by atoms with E-state index in [0.717, 1.165) is 29.5 Å². The first kappa shape index (κ1) is 18.8. The highest BCUT2D eigenvalue weighted by atomic mass is 32.2. The molecular formula is C22H24N2O4S. The Morgan fingerprint density at radius 3 is 2.62 bits per heavy atom. The normalized spacial score (nSPS) is 22.8. The molecule has 3 aromatic rings. The van der Waals surface area contributed by atoms with Gasteiger partial charge in [-0.2, -0.15) is 5.06 Å². The average Bonchev–Trinajstić information content (AvgIpc) is 2.95. The minimum absolute atomic E-state index is 0.00310. The van der Waals surface area contributed by atoms with Crippen molar-refractivity contribution < 1.29 is 18.4 Å². The molecule has 0 unspecified atom stereocenters. The van der Waals surface area contributed by atoms with Gasteiger partial charge in [-0.1, -0.05) is 36.4 Å². The van der Waals surface area contributed by atoms with Crippen LogP contribution in [0.1, 0.15) is 30.1 Å². The third-order valence-electron chi connectivity index (χ3n) is 6.09. The van der Waals surface area contributed by atoms with Crippen LogP contribution >= 0.6 is 0 Å². The molecule has 1 fully saturated rings. The number of fused-ring (bicyclic) bond motifs is 5. The van der Waals surface area contributed by atoms with Gasteiger partial charge >= 0.3 is 0 Å². The maximum atomic E-state index is 13.8. The molecule has 152 valence electrons. The fourth-order valence-electron chi connectivity index (χ4n) is 4.79. The number of hydrogen-bond acceptors (Lipinski definition) is 5. The van der Waals surface area contributed by atoms with E-state index >= 15 is 0 Å². The maximum absolute atomic E-state index is 13.8. The molecule has 29 heavy (non-hydrogen) atoms. The van der Waals surface area contributed by atoms with E-state index in [1.807, 2.05) is 35.4 Å². The lowest BCUT2D eigenvalue weighted by Crippen LogP contribution is -2.40. The summed E-state index contributed by atoms with van der Waals surface area (Å²) in [6.07, 6.45) is 2.35. The predicted molar refractivity (Wildman–Crippen MR) is 110 cm³/mol. The van der Waals surface area contributed by atoms with Gasteiger partial charge in [-0.25, -0.2) is 12.4 Å². The standard InChI is InChI=1S/C22H24N2O4S/c25-15-16-7-6-14-28-23-13-12-19-18-10-4-5-11-20(18)24(22(19)21(16)23)29(26,27)17-8-2-1-3-9-17/h1-5,8-11,16,21,25H,6-7,12-15H2/t16-,21+/m1/s1. The van der Waals surface area contributed by atoms with Crippen molar-refractivity contribution in [1.82, 2.24) is 9.04 Å². The highest BCUT2D eigenvalue weighted by Gasteiger charge is 2.42. The topological polar surface area (TPSA) is 71.8 Å². The molecule has 0 saturated carbocycles. The van der Waals surface area contributed by atoms with Crippen LogP contribution in [0, 0.1) is 5.92 Å². The van der Waals surface area contributed by atoms with E-state index in [2.05, 4.69) is 0 Å². The van der Waals surface area contributed by atoms with Crippen molar-refractivity contribution in [2.45, 2.75) is 30.2 Å². The lowest BCUT2D eigenvalue weighted by atomic mass is 9.88. The first-order chi connectivity index (χ1) is 14.1. The van der Waals surface area contributed by atoms with Crippen LogP contribution in [0.15, 0.2) is 59.5 Å². The first-order valence-electron chi connectivity index (χ1n) is 10.1. The Balaban J connectivity index is 1.83. The van der Waals surface area contributed by atoms with E-state index in [4.69, 9.17) is 4.84 Å². The van der Waals surface area contributed by atoms with Gasteiger partial charge in [-0.15, -0.1) is 0 Å². The molecule has 0 radical (unpaired) electrons. The summed E-state index contributed by atoms with van der Waals surface area (Å²) in [6, 6.07) is 15.9. The smallest absolute Gasteiger partial charge is 0.268 e. The SMILES string of the molecule is O=S(=O)(c1ccccc1)n1c2c(c3ccccc31)CCN1OCCC[C@H](CO)[C@@H]21. The van der Waals surface area contributed by atoms with Crippen LogP contribution in [0.2, 0.25) is 0 Å². The zero-order valence-corrected chi connectivity index (χ0v) is 16.9. The molecule has 1 aromatic heterocycles. The summed E-state index contributed by atoms with van der Waals surface area (Å²) in [5, 5.41) is 13.0. The summed E-state index contributed by atoms with van der Waals surface area (Å²) in [4.78, 5) is 6.24. The minimum Gasteiger partial charge on any atom is -0.396 e. The summed E-state index contributed by atoms with van der Waals surface area (Å²) in [6.45, 7) is 1.28. The number of rotatable bonds is 3. The number of para-hydroxylation sites is 1. The quantitative estimate of drug-likeness (QED) is 0.716. The van der Waals surface area contributed by atoms with Gasteiger partial charge in [-0.05, 0) is 43.0 Å². The summed E-state index contributed by atoms with van der Waals surface area (Å²) < 4.78 is 29.1. The Morgan fingerprint density at radius 2 is 1.83 bits per heavy atom. The second-order valence-corrected chi connectivity index (χ2v) is 9.50. The van der Waals surface area contributed by atoms with Crippen LogP contribution in [0.25, 0.3) is 10.9 Å². The van der Waals surface area contributed by atoms with E-state index < -0.39 is 10.0 Å². The van der Waals surface area contributed by atoms with E-state index in [1.54, 1.807) is 24.3 Å². The summed E-state index contributed by atoms with van der Waals surface area (Å²) in [5.74, 6) is -0.0782. The molecule has 0 aliphatic carbocycles. The summed E-state index contributed by atoms with van der Waals surface area (Å²) in [7, 11) is -3.81. The average molecular weight is 413 g/mol. The van der Waals surface area contributed by atoms with Crippen LogP contribution < -0.4 is 0 Å². The largest absolute Gasteiger partial charge is 0.396 e. The van der Waals surface area contributed by atoms with E-state index in [0.29, 0.717) is 25.1 Å². The maximum Gasteiger partial charge on any atom is 0.268 e. The van der Waals surface area contributed by atoms with Crippen molar-refractivity contribution >= 4 is 20.9 Å².